The van der Waals surface area contributed by atoms with Gasteiger partial charge in [0.25, 0.3) is 11.2 Å². The molecule has 1 aromatic heterocycles. The van der Waals surface area contributed by atoms with Crippen LogP contribution in [0, 0.1) is 10.1 Å². The normalized spacial score (nSPS) is 10.4. The second-order valence-corrected chi connectivity index (χ2v) is 5.23. The lowest BCUT2D eigenvalue weighted by Crippen LogP contribution is -2.18. The summed E-state index contributed by atoms with van der Waals surface area (Å²) in [5.74, 6) is 1.02. The fourth-order valence-electron chi connectivity index (χ4n) is 2.38. The van der Waals surface area contributed by atoms with Crippen LogP contribution >= 0.6 is 0 Å². The minimum atomic E-state index is -0.477. The van der Waals surface area contributed by atoms with Crippen molar-refractivity contribution in [3.8, 4) is 17.1 Å². The van der Waals surface area contributed by atoms with Crippen molar-refractivity contribution < 1.29 is 9.66 Å². The summed E-state index contributed by atoms with van der Waals surface area (Å²) in [7, 11) is 1.57. The number of nitro groups is 1. The van der Waals surface area contributed by atoms with Gasteiger partial charge in [-0.1, -0.05) is 18.2 Å². The summed E-state index contributed by atoms with van der Waals surface area (Å²) in [5, 5.41) is 17.5. The smallest absolute Gasteiger partial charge is 0.286 e. The van der Waals surface area contributed by atoms with Gasteiger partial charge in [-0.05, 0) is 24.3 Å². The second-order valence-electron chi connectivity index (χ2n) is 5.23. The summed E-state index contributed by atoms with van der Waals surface area (Å²) >= 11 is 0. The van der Waals surface area contributed by atoms with E-state index >= 15 is 0 Å². The summed E-state index contributed by atoms with van der Waals surface area (Å²) in [4.78, 5) is 26.9. The van der Waals surface area contributed by atoms with Gasteiger partial charge in [0.05, 0.1) is 12.0 Å². The Labute approximate surface area is 142 Å². The van der Waals surface area contributed by atoms with E-state index in [4.69, 9.17) is 4.74 Å². The van der Waals surface area contributed by atoms with Gasteiger partial charge in [-0.25, -0.2) is 10.1 Å². The van der Waals surface area contributed by atoms with E-state index in [1.807, 2.05) is 0 Å². The minimum absolute atomic E-state index is 0.0398. The van der Waals surface area contributed by atoms with E-state index < -0.39 is 10.5 Å². The number of nitrogens with one attached hydrogen (secondary N) is 1. The van der Waals surface area contributed by atoms with Gasteiger partial charge in [0.2, 0.25) is 0 Å². The zero-order chi connectivity index (χ0) is 17.8. The molecule has 1 heterocycles. The number of hydrogen-bond donors (Lipinski definition) is 1. The van der Waals surface area contributed by atoms with Crippen LogP contribution in [-0.2, 0) is 6.42 Å². The second kappa shape index (κ2) is 6.91. The Morgan fingerprint density at radius 2 is 1.88 bits per heavy atom. The van der Waals surface area contributed by atoms with E-state index in [2.05, 4.69) is 15.2 Å². The van der Waals surface area contributed by atoms with Crippen LogP contribution in [0.2, 0.25) is 0 Å². The lowest BCUT2D eigenvalue weighted by atomic mass is 10.1. The molecule has 0 aliphatic carbocycles. The summed E-state index contributed by atoms with van der Waals surface area (Å²) in [6, 6.07) is 13.3. The maximum atomic E-state index is 12.0. The standard InChI is InChI=1S/C17H14N4O4/c1-25-13-8-6-11(7-9-13)16-18-14(17(22)20-19-16)10-12-4-2-3-5-15(12)21(23)24/h2-9H,10H2,1H3,(H,20,22). The van der Waals surface area contributed by atoms with Gasteiger partial charge < -0.3 is 4.74 Å². The van der Waals surface area contributed by atoms with Crippen molar-refractivity contribution in [1.29, 1.82) is 0 Å². The minimum Gasteiger partial charge on any atom is -0.497 e. The van der Waals surface area contributed by atoms with Gasteiger partial charge in [-0.15, -0.1) is 0 Å². The first-order valence-corrected chi connectivity index (χ1v) is 7.41. The molecule has 0 fully saturated rings. The van der Waals surface area contributed by atoms with E-state index in [0.29, 0.717) is 22.7 Å². The fourth-order valence-corrected chi connectivity index (χ4v) is 2.38. The molecule has 8 nitrogen and oxygen atoms in total. The summed E-state index contributed by atoms with van der Waals surface area (Å²) in [5.41, 5.74) is 0.746. The molecule has 8 heteroatoms. The molecule has 3 rings (SSSR count). The lowest BCUT2D eigenvalue weighted by Gasteiger charge is -2.05. The van der Waals surface area contributed by atoms with Crippen molar-refractivity contribution >= 4 is 5.69 Å². The highest BCUT2D eigenvalue weighted by Gasteiger charge is 2.16. The van der Waals surface area contributed by atoms with E-state index in [-0.39, 0.29) is 17.8 Å². The first kappa shape index (κ1) is 16.3. The predicted octanol–water partition coefficient (Wildman–Crippen LogP) is 2.34. The number of aromatic amines is 1. The number of ether oxygens (including phenoxy) is 1. The van der Waals surface area contributed by atoms with Crippen LogP contribution in [0.3, 0.4) is 0 Å². The monoisotopic (exact) mass is 338 g/mol. The Bertz CT molecular complexity index is 967. The van der Waals surface area contributed by atoms with Crippen LogP contribution in [0.4, 0.5) is 5.69 Å². The maximum Gasteiger partial charge on any atom is 0.286 e. The molecular weight excluding hydrogens is 324 g/mol. The number of nitro benzene ring substituents is 1. The Morgan fingerprint density at radius 1 is 1.16 bits per heavy atom. The van der Waals surface area contributed by atoms with Crippen molar-refractivity contribution in [2.75, 3.05) is 7.11 Å². The number of H-pyrrole nitrogens is 1. The highest BCUT2D eigenvalue weighted by molar-refractivity contribution is 5.55. The first-order chi connectivity index (χ1) is 12.1. The largest absolute Gasteiger partial charge is 0.497 e. The number of rotatable bonds is 5. The zero-order valence-electron chi connectivity index (χ0n) is 13.3. The quantitative estimate of drug-likeness (QED) is 0.564. The molecule has 0 unspecified atom stereocenters. The molecular formula is C17H14N4O4. The van der Waals surface area contributed by atoms with E-state index in [0.717, 1.165) is 0 Å². The van der Waals surface area contributed by atoms with Crippen molar-refractivity contribution in [3.05, 3.63) is 80.3 Å². The molecule has 1 N–H and O–H groups in total. The van der Waals surface area contributed by atoms with Gasteiger partial charge in [0.15, 0.2) is 5.82 Å². The zero-order valence-corrected chi connectivity index (χ0v) is 13.3. The van der Waals surface area contributed by atoms with Crippen LogP contribution in [0.1, 0.15) is 11.3 Å². The Morgan fingerprint density at radius 3 is 2.56 bits per heavy atom. The number of benzene rings is 2. The molecule has 3 aromatic rings. The molecule has 126 valence electrons. The summed E-state index contributed by atoms with van der Waals surface area (Å²) in [6.45, 7) is 0. The number of hydrogen-bond acceptors (Lipinski definition) is 6. The van der Waals surface area contributed by atoms with Crippen molar-refractivity contribution in [3.63, 3.8) is 0 Å². The third-order valence-corrected chi connectivity index (χ3v) is 3.66. The lowest BCUT2D eigenvalue weighted by molar-refractivity contribution is -0.385. The van der Waals surface area contributed by atoms with Crippen LogP contribution < -0.4 is 10.3 Å². The number of nitrogens with zero attached hydrogens (tertiary/aromatic N) is 3. The van der Waals surface area contributed by atoms with Crippen molar-refractivity contribution in [2.45, 2.75) is 6.42 Å². The Hall–Kier alpha value is -3.55. The average molecular weight is 338 g/mol. The molecule has 0 spiro atoms. The highest BCUT2D eigenvalue weighted by Crippen LogP contribution is 2.21. The maximum absolute atomic E-state index is 12.0. The van der Waals surface area contributed by atoms with Gasteiger partial charge in [0.1, 0.15) is 11.4 Å². The third-order valence-electron chi connectivity index (χ3n) is 3.66. The molecule has 0 atom stereocenters. The van der Waals surface area contributed by atoms with Crippen LogP contribution in [-0.4, -0.2) is 27.2 Å². The van der Waals surface area contributed by atoms with Gasteiger partial charge in [-0.3, -0.25) is 14.9 Å². The number of methoxy groups -OCH3 is 1. The van der Waals surface area contributed by atoms with Crippen molar-refractivity contribution in [1.82, 2.24) is 15.2 Å². The molecule has 2 aromatic carbocycles. The molecule has 0 aliphatic heterocycles. The van der Waals surface area contributed by atoms with Crippen LogP contribution in [0.5, 0.6) is 5.75 Å². The van der Waals surface area contributed by atoms with E-state index in [1.165, 1.54) is 6.07 Å². The van der Waals surface area contributed by atoms with E-state index in [1.54, 1.807) is 49.6 Å². The number of aromatic nitrogens is 3. The van der Waals surface area contributed by atoms with Crippen LogP contribution in [0.15, 0.2) is 53.3 Å². The number of para-hydroxylation sites is 1. The van der Waals surface area contributed by atoms with Gasteiger partial charge >= 0.3 is 0 Å². The van der Waals surface area contributed by atoms with Gasteiger partial charge in [-0.2, -0.15) is 5.10 Å². The SMILES string of the molecule is COc1ccc(-c2n[nH]c(=O)c(Cc3ccccc3[N+](=O)[O-])n2)cc1. The Kier molecular flexibility index (Phi) is 4.51. The van der Waals surface area contributed by atoms with Gasteiger partial charge in [0, 0.05) is 23.6 Å². The highest BCUT2D eigenvalue weighted by atomic mass is 16.6. The third kappa shape index (κ3) is 3.52. The summed E-state index contributed by atoms with van der Waals surface area (Å²) < 4.78 is 5.10. The summed E-state index contributed by atoms with van der Waals surface area (Å²) in [6.07, 6.45) is 0.0398. The topological polar surface area (TPSA) is 111 Å². The van der Waals surface area contributed by atoms with Crippen molar-refractivity contribution in [2.24, 2.45) is 0 Å². The molecule has 0 bridgehead atoms. The average Bonchev–Trinajstić information content (AvgIpc) is 2.64. The molecule has 0 amide bonds. The molecule has 0 saturated carbocycles. The fraction of sp³-hybridized carbons (Fsp3) is 0.118. The molecule has 0 radical (unpaired) electrons. The van der Waals surface area contributed by atoms with E-state index in [9.17, 15) is 14.9 Å². The molecule has 0 saturated heterocycles. The first-order valence-electron chi connectivity index (χ1n) is 7.41. The molecule has 0 aliphatic rings. The predicted molar refractivity (Wildman–Crippen MR) is 90.5 cm³/mol. The molecule has 25 heavy (non-hydrogen) atoms. The Balaban J connectivity index is 1.97. The van der Waals surface area contributed by atoms with Crippen LogP contribution in [0.25, 0.3) is 11.4 Å².